The van der Waals surface area contributed by atoms with Gasteiger partial charge < -0.3 is 15.7 Å². The van der Waals surface area contributed by atoms with E-state index in [-0.39, 0.29) is 36.1 Å². The second-order valence-corrected chi connectivity index (χ2v) is 10.5. The second-order valence-electron chi connectivity index (χ2n) is 9.39. The van der Waals surface area contributed by atoms with Crippen molar-refractivity contribution in [3.63, 3.8) is 0 Å². The van der Waals surface area contributed by atoms with Gasteiger partial charge in [-0.3, -0.25) is 14.4 Å². The van der Waals surface area contributed by atoms with Gasteiger partial charge in [0.05, 0.1) is 12.0 Å². The second kappa shape index (κ2) is 9.50. The molecule has 3 N–H and O–H groups in total. The Morgan fingerprint density at radius 3 is 2.47 bits per heavy atom. The van der Waals surface area contributed by atoms with Crippen LogP contribution in [0.4, 0.5) is 5.00 Å². The molecule has 30 heavy (non-hydrogen) atoms. The van der Waals surface area contributed by atoms with Crippen molar-refractivity contribution in [2.24, 2.45) is 11.3 Å². The zero-order valence-electron chi connectivity index (χ0n) is 18.3. The highest BCUT2D eigenvalue weighted by atomic mass is 32.1. The topological polar surface area (TPSA) is 95.5 Å². The minimum Gasteiger partial charge on any atom is -0.481 e. The summed E-state index contributed by atoms with van der Waals surface area (Å²) < 4.78 is 0. The van der Waals surface area contributed by atoms with Crippen LogP contribution in [0.5, 0.6) is 0 Å². The van der Waals surface area contributed by atoms with Crippen LogP contribution in [0.15, 0.2) is 0 Å². The van der Waals surface area contributed by atoms with Gasteiger partial charge >= 0.3 is 5.97 Å². The fourth-order valence-electron chi connectivity index (χ4n) is 4.61. The Bertz CT molecular complexity index is 808. The van der Waals surface area contributed by atoms with E-state index in [1.807, 2.05) is 0 Å². The van der Waals surface area contributed by atoms with Crippen molar-refractivity contribution >= 4 is 34.1 Å². The van der Waals surface area contributed by atoms with E-state index in [0.717, 1.165) is 56.9 Å². The molecule has 1 heterocycles. The van der Waals surface area contributed by atoms with Gasteiger partial charge in [0.1, 0.15) is 5.00 Å². The number of rotatable bonds is 8. The van der Waals surface area contributed by atoms with Gasteiger partial charge in [-0.15, -0.1) is 11.3 Å². The number of nitrogens with one attached hydrogen (secondary N) is 2. The summed E-state index contributed by atoms with van der Waals surface area (Å²) in [5, 5.41) is 15.5. The lowest BCUT2D eigenvalue weighted by molar-refractivity contribution is -0.138. The van der Waals surface area contributed by atoms with E-state index in [2.05, 4.69) is 31.4 Å². The first-order valence-electron chi connectivity index (χ1n) is 11.2. The Hall–Kier alpha value is -1.89. The van der Waals surface area contributed by atoms with Gasteiger partial charge in [0.25, 0.3) is 5.91 Å². The minimum absolute atomic E-state index is 0.0902. The average Bonchev–Trinajstić information content (AvgIpc) is 3.32. The van der Waals surface area contributed by atoms with Crippen molar-refractivity contribution in [1.82, 2.24) is 5.32 Å². The maximum atomic E-state index is 13.2. The molecule has 1 aromatic heterocycles. The highest BCUT2D eigenvalue weighted by Gasteiger charge is 2.35. The SMILES string of the molecule is CCC(C)(C)C1CCc2c(sc(NC(=O)CCC(=O)O)c2C(=O)NC2CCCC2)C1. The lowest BCUT2D eigenvalue weighted by Gasteiger charge is -2.36. The molecule has 7 heteroatoms. The number of hydrogen-bond acceptors (Lipinski definition) is 4. The summed E-state index contributed by atoms with van der Waals surface area (Å²) in [6, 6.07) is 0.207. The normalized spacial score (nSPS) is 19.4. The predicted octanol–water partition coefficient (Wildman–Crippen LogP) is 4.76. The Morgan fingerprint density at radius 1 is 1.13 bits per heavy atom. The molecule has 0 spiro atoms. The van der Waals surface area contributed by atoms with Crippen molar-refractivity contribution in [3.05, 3.63) is 16.0 Å². The maximum Gasteiger partial charge on any atom is 0.303 e. The van der Waals surface area contributed by atoms with Crippen LogP contribution in [0.25, 0.3) is 0 Å². The molecule has 2 amide bonds. The van der Waals surface area contributed by atoms with Crippen LogP contribution in [0.1, 0.15) is 92.9 Å². The summed E-state index contributed by atoms with van der Waals surface area (Å²) in [6.07, 6.45) is 7.90. The molecule has 1 aromatic rings. The van der Waals surface area contributed by atoms with E-state index in [1.165, 1.54) is 16.2 Å². The van der Waals surface area contributed by atoms with Crippen LogP contribution in [0, 0.1) is 11.3 Å². The number of anilines is 1. The summed E-state index contributed by atoms with van der Waals surface area (Å²) in [5.41, 5.74) is 1.92. The van der Waals surface area contributed by atoms with Crippen molar-refractivity contribution < 1.29 is 19.5 Å². The van der Waals surface area contributed by atoms with E-state index in [9.17, 15) is 14.4 Å². The predicted molar refractivity (Wildman–Crippen MR) is 119 cm³/mol. The number of hydrogen-bond donors (Lipinski definition) is 3. The monoisotopic (exact) mass is 434 g/mol. The highest BCUT2D eigenvalue weighted by Crippen LogP contribution is 2.45. The Kier molecular flexibility index (Phi) is 7.22. The number of aliphatic carboxylic acids is 1. The van der Waals surface area contributed by atoms with Crippen LogP contribution in [-0.2, 0) is 22.4 Å². The number of carboxylic acid groups (broad SMARTS) is 1. The highest BCUT2D eigenvalue weighted by molar-refractivity contribution is 7.17. The maximum absolute atomic E-state index is 13.2. The molecule has 0 radical (unpaired) electrons. The molecule has 166 valence electrons. The van der Waals surface area contributed by atoms with Gasteiger partial charge in [0.2, 0.25) is 5.91 Å². The molecule has 0 aliphatic heterocycles. The largest absolute Gasteiger partial charge is 0.481 e. The Morgan fingerprint density at radius 2 is 1.83 bits per heavy atom. The van der Waals surface area contributed by atoms with Gasteiger partial charge in [-0.05, 0) is 49.0 Å². The summed E-state index contributed by atoms with van der Waals surface area (Å²) in [7, 11) is 0. The number of carbonyl (C=O) groups excluding carboxylic acids is 2. The first-order valence-corrected chi connectivity index (χ1v) is 12.0. The summed E-state index contributed by atoms with van der Waals surface area (Å²) in [5.74, 6) is -0.896. The lowest BCUT2D eigenvalue weighted by atomic mass is 9.69. The molecule has 3 rings (SSSR count). The smallest absolute Gasteiger partial charge is 0.303 e. The molecule has 0 saturated heterocycles. The van der Waals surface area contributed by atoms with Gasteiger partial charge in [-0.1, -0.05) is 40.0 Å². The third-order valence-electron chi connectivity index (χ3n) is 7.02. The number of thiophene rings is 1. The van der Waals surface area contributed by atoms with E-state index in [0.29, 0.717) is 16.5 Å². The number of fused-ring (bicyclic) bond motifs is 1. The summed E-state index contributed by atoms with van der Waals surface area (Å²) in [4.78, 5) is 37.5. The Balaban J connectivity index is 1.85. The van der Waals surface area contributed by atoms with Crippen LogP contribution in [0.3, 0.4) is 0 Å². The standard InChI is InChI=1S/C23H34N2O4S/c1-4-23(2,3)14-9-10-16-17(13-14)30-22(25-18(26)11-12-19(27)28)20(16)21(29)24-15-7-5-6-8-15/h14-15H,4-13H2,1-3H3,(H,24,29)(H,25,26)(H,27,28). The number of carboxylic acids is 1. The minimum atomic E-state index is -1.00. The summed E-state index contributed by atoms with van der Waals surface area (Å²) >= 11 is 1.50. The quantitative estimate of drug-likeness (QED) is 0.549. The Labute approximate surface area is 182 Å². The molecule has 2 aliphatic rings. The van der Waals surface area contributed by atoms with E-state index in [4.69, 9.17) is 5.11 Å². The van der Waals surface area contributed by atoms with Gasteiger partial charge in [-0.2, -0.15) is 0 Å². The molecule has 0 aromatic carbocycles. The van der Waals surface area contributed by atoms with Gasteiger partial charge in [0.15, 0.2) is 0 Å². The lowest BCUT2D eigenvalue weighted by Crippen LogP contribution is -2.34. The van der Waals surface area contributed by atoms with Crippen molar-refractivity contribution in [2.75, 3.05) is 5.32 Å². The third kappa shape index (κ3) is 5.23. The zero-order chi connectivity index (χ0) is 21.9. The average molecular weight is 435 g/mol. The van der Waals surface area contributed by atoms with Crippen LogP contribution < -0.4 is 10.6 Å². The molecular weight excluding hydrogens is 400 g/mol. The number of amides is 2. The van der Waals surface area contributed by atoms with Crippen molar-refractivity contribution in [2.45, 2.75) is 91.0 Å². The van der Waals surface area contributed by atoms with Gasteiger partial charge in [0, 0.05) is 17.3 Å². The molecule has 2 aliphatic carbocycles. The van der Waals surface area contributed by atoms with E-state index >= 15 is 0 Å². The fraction of sp³-hybridized carbons (Fsp3) is 0.696. The van der Waals surface area contributed by atoms with Crippen LogP contribution in [0.2, 0.25) is 0 Å². The van der Waals surface area contributed by atoms with Gasteiger partial charge in [-0.25, -0.2) is 0 Å². The molecule has 6 nitrogen and oxygen atoms in total. The summed E-state index contributed by atoms with van der Waals surface area (Å²) in [6.45, 7) is 6.83. The molecule has 1 unspecified atom stereocenters. The molecule has 1 saturated carbocycles. The molecule has 1 atom stereocenters. The molecule has 0 bridgehead atoms. The first kappa shape index (κ1) is 22.8. The fourth-order valence-corrected chi connectivity index (χ4v) is 5.95. The first-order chi connectivity index (χ1) is 14.2. The third-order valence-corrected chi connectivity index (χ3v) is 8.19. The zero-order valence-corrected chi connectivity index (χ0v) is 19.1. The van der Waals surface area contributed by atoms with Crippen molar-refractivity contribution in [3.8, 4) is 0 Å². The molecular formula is C23H34N2O4S. The van der Waals surface area contributed by atoms with E-state index in [1.54, 1.807) is 0 Å². The number of carbonyl (C=O) groups is 3. The van der Waals surface area contributed by atoms with Crippen LogP contribution in [-0.4, -0.2) is 28.9 Å². The molecule has 1 fully saturated rings. The van der Waals surface area contributed by atoms with Crippen molar-refractivity contribution in [1.29, 1.82) is 0 Å². The van der Waals surface area contributed by atoms with E-state index < -0.39 is 5.97 Å². The van der Waals surface area contributed by atoms with Crippen LogP contribution >= 0.6 is 11.3 Å².